The number of ether oxygens (including phenoxy) is 1. The van der Waals surface area contributed by atoms with Gasteiger partial charge in [0.15, 0.2) is 0 Å². The van der Waals surface area contributed by atoms with Crippen LogP contribution >= 0.6 is 11.6 Å². The van der Waals surface area contributed by atoms with Crippen molar-refractivity contribution in [2.75, 3.05) is 0 Å². The van der Waals surface area contributed by atoms with E-state index in [0.717, 1.165) is 17.2 Å². The number of rotatable bonds is 4. The first-order valence-electron chi connectivity index (χ1n) is 7.06. The number of non-ortho nitro benzene ring substituents is 1. The van der Waals surface area contributed by atoms with E-state index in [0.29, 0.717) is 5.75 Å². The number of nitro groups is 1. The average molecular weight is 334 g/mol. The molecule has 0 aliphatic carbocycles. The molecule has 0 bridgehead atoms. The number of hydrogen-bond donors (Lipinski definition) is 0. The van der Waals surface area contributed by atoms with Gasteiger partial charge >= 0.3 is 5.97 Å². The van der Waals surface area contributed by atoms with Crippen molar-refractivity contribution in [1.82, 2.24) is 0 Å². The molecule has 0 amide bonds. The molecule has 5 nitrogen and oxygen atoms in total. The van der Waals surface area contributed by atoms with E-state index in [-0.39, 0.29) is 22.2 Å². The summed E-state index contributed by atoms with van der Waals surface area (Å²) in [6, 6.07) is 9.28. The van der Waals surface area contributed by atoms with Crippen LogP contribution in [0, 0.1) is 17.0 Å². The second kappa shape index (κ2) is 6.79. The number of carbonyl (C=O) groups is 1. The van der Waals surface area contributed by atoms with Crippen LogP contribution in [-0.4, -0.2) is 10.9 Å². The lowest BCUT2D eigenvalue weighted by molar-refractivity contribution is -0.384. The standard InChI is InChI=1S/C17H16ClNO4/c1-10(2)13-6-4-11(3)8-16(13)23-17(20)14-9-12(19(21)22)5-7-15(14)18/h4-10H,1-3H3. The fourth-order valence-corrected chi connectivity index (χ4v) is 2.34. The molecule has 6 heteroatoms. The lowest BCUT2D eigenvalue weighted by Gasteiger charge is -2.14. The predicted molar refractivity (Wildman–Crippen MR) is 88.3 cm³/mol. The Morgan fingerprint density at radius 2 is 1.91 bits per heavy atom. The molecule has 0 aromatic heterocycles. The maximum Gasteiger partial charge on any atom is 0.345 e. The normalized spacial score (nSPS) is 10.7. The van der Waals surface area contributed by atoms with Crippen molar-refractivity contribution in [2.45, 2.75) is 26.7 Å². The number of nitro benzene ring substituents is 1. The molecule has 0 radical (unpaired) electrons. The van der Waals surface area contributed by atoms with Crippen LogP contribution in [0.25, 0.3) is 0 Å². The molecule has 0 unspecified atom stereocenters. The molecular formula is C17H16ClNO4. The Balaban J connectivity index is 2.38. The van der Waals surface area contributed by atoms with E-state index in [1.165, 1.54) is 12.1 Å². The van der Waals surface area contributed by atoms with Gasteiger partial charge in [-0.3, -0.25) is 10.1 Å². The average Bonchev–Trinajstić information content (AvgIpc) is 2.46. The molecule has 0 aliphatic rings. The van der Waals surface area contributed by atoms with E-state index < -0.39 is 10.9 Å². The van der Waals surface area contributed by atoms with Gasteiger partial charge in [-0.15, -0.1) is 0 Å². The molecule has 0 saturated carbocycles. The first kappa shape index (κ1) is 17.0. The lowest BCUT2D eigenvalue weighted by atomic mass is 10.0. The third-order valence-electron chi connectivity index (χ3n) is 3.37. The Hall–Kier alpha value is -2.40. The lowest BCUT2D eigenvalue weighted by Crippen LogP contribution is -2.11. The van der Waals surface area contributed by atoms with Crippen molar-refractivity contribution >= 4 is 23.3 Å². The van der Waals surface area contributed by atoms with Crippen LogP contribution in [0.3, 0.4) is 0 Å². The van der Waals surface area contributed by atoms with Crippen LogP contribution in [0.15, 0.2) is 36.4 Å². The summed E-state index contributed by atoms with van der Waals surface area (Å²) in [4.78, 5) is 22.6. The van der Waals surface area contributed by atoms with Gasteiger partial charge in [0, 0.05) is 12.1 Å². The number of nitrogens with zero attached hydrogens (tertiary/aromatic N) is 1. The third kappa shape index (κ3) is 3.87. The molecule has 0 saturated heterocycles. The van der Waals surface area contributed by atoms with Gasteiger partial charge in [0.25, 0.3) is 5.69 Å². The smallest absolute Gasteiger partial charge is 0.345 e. The van der Waals surface area contributed by atoms with Crippen molar-refractivity contribution in [3.05, 3.63) is 68.2 Å². The monoisotopic (exact) mass is 333 g/mol. The zero-order valence-corrected chi connectivity index (χ0v) is 13.8. The Labute approximate surface area is 139 Å². The van der Waals surface area contributed by atoms with Crippen molar-refractivity contribution in [2.24, 2.45) is 0 Å². The van der Waals surface area contributed by atoms with Crippen molar-refractivity contribution in [3.8, 4) is 5.75 Å². The van der Waals surface area contributed by atoms with Gasteiger partial charge in [0.05, 0.1) is 15.5 Å². The number of carbonyl (C=O) groups excluding carboxylic acids is 1. The zero-order valence-electron chi connectivity index (χ0n) is 13.0. The van der Waals surface area contributed by atoms with E-state index in [2.05, 4.69) is 0 Å². The highest BCUT2D eigenvalue weighted by Crippen LogP contribution is 2.29. The molecule has 0 N–H and O–H groups in total. The Bertz CT molecular complexity index is 771. The maximum absolute atomic E-state index is 12.4. The number of halogens is 1. The van der Waals surface area contributed by atoms with Gasteiger partial charge in [-0.25, -0.2) is 4.79 Å². The van der Waals surface area contributed by atoms with E-state index in [1.807, 2.05) is 32.9 Å². The molecule has 2 rings (SSSR count). The molecular weight excluding hydrogens is 318 g/mol. The number of benzene rings is 2. The van der Waals surface area contributed by atoms with Crippen LogP contribution in [0.1, 0.15) is 41.3 Å². The Kier molecular flexibility index (Phi) is 5.01. The fourth-order valence-electron chi connectivity index (χ4n) is 2.15. The first-order chi connectivity index (χ1) is 10.8. The Morgan fingerprint density at radius 1 is 1.22 bits per heavy atom. The summed E-state index contributed by atoms with van der Waals surface area (Å²) in [5.74, 6) is -0.113. The third-order valence-corrected chi connectivity index (χ3v) is 3.70. The van der Waals surface area contributed by atoms with Crippen LogP contribution in [0.2, 0.25) is 5.02 Å². The highest BCUT2D eigenvalue weighted by atomic mass is 35.5. The van der Waals surface area contributed by atoms with Gasteiger partial charge in [0.1, 0.15) is 5.75 Å². The summed E-state index contributed by atoms with van der Waals surface area (Å²) in [7, 11) is 0. The molecule has 120 valence electrons. The minimum Gasteiger partial charge on any atom is -0.423 e. The molecule has 2 aromatic carbocycles. The highest BCUT2D eigenvalue weighted by Gasteiger charge is 2.19. The number of hydrogen-bond acceptors (Lipinski definition) is 4. The van der Waals surface area contributed by atoms with Crippen LogP contribution < -0.4 is 4.74 Å². The van der Waals surface area contributed by atoms with E-state index in [9.17, 15) is 14.9 Å². The van der Waals surface area contributed by atoms with Crippen molar-refractivity contribution in [1.29, 1.82) is 0 Å². The van der Waals surface area contributed by atoms with Gasteiger partial charge in [-0.2, -0.15) is 0 Å². The predicted octanol–water partition coefficient (Wildman–Crippen LogP) is 4.90. The largest absolute Gasteiger partial charge is 0.423 e. The van der Waals surface area contributed by atoms with Crippen LogP contribution in [0.4, 0.5) is 5.69 Å². The van der Waals surface area contributed by atoms with Gasteiger partial charge < -0.3 is 4.74 Å². The summed E-state index contributed by atoms with van der Waals surface area (Å²) in [5, 5.41) is 11.0. The molecule has 0 spiro atoms. The summed E-state index contributed by atoms with van der Waals surface area (Å²) >= 11 is 5.97. The summed E-state index contributed by atoms with van der Waals surface area (Å²) in [6.45, 7) is 5.87. The number of aryl methyl sites for hydroxylation is 1. The molecule has 0 fully saturated rings. The summed E-state index contributed by atoms with van der Waals surface area (Å²) in [6.07, 6.45) is 0. The summed E-state index contributed by atoms with van der Waals surface area (Å²) in [5.41, 5.74) is 1.58. The first-order valence-corrected chi connectivity index (χ1v) is 7.44. The highest BCUT2D eigenvalue weighted by molar-refractivity contribution is 6.33. The Morgan fingerprint density at radius 3 is 2.52 bits per heavy atom. The quantitative estimate of drug-likeness (QED) is 0.345. The maximum atomic E-state index is 12.4. The molecule has 0 aliphatic heterocycles. The van der Waals surface area contributed by atoms with Crippen LogP contribution in [-0.2, 0) is 0 Å². The van der Waals surface area contributed by atoms with Gasteiger partial charge in [-0.1, -0.05) is 37.6 Å². The fraction of sp³-hybridized carbons (Fsp3) is 0.235. The van der Waals surface area contributed by atoms with Crippen molar-refractivity contribution in [3.63, 3.8) is 0 Å². The minimum absolute atomic E-state index is 0.0305. The van der Waals surface area contributed by atoms with E-state index in [1.54, 1.807) is 6.07 Å². The minimum atomic E-state index is -0.716. The number of esters is 1. The van der Waals surface area contributed by atoms with Gasteiger partial charge in [0.2, 0.25) is 0 Å². The molecule has 23 heavy (non-hydrogen) atoms. The molecule has 0 heterocycles. The van der Waals surface area contributed by atoms with Crippen LogP contribution in [0.5, 0.6) is 5.75 Å². The second-order valence-electron chi connectivity index (χ2n) is 5.51. The van der Waals surface area contributed by atoms with E-state index in [4.69, 9.17) is 16.3 Å². The zero-order chi connectivity index (χ0) is 17.1. The molecule has 0 atom stereocenters. The topological polar surface area (TPSA) is 69.4 Å². The summed E-state index contributed by atoms with van der Waals surface area (Å²) < 4.78 is 5.44. The SMILES string of the molecule is Cc1ccc(C(C)C)c(OC(=O)c2cc([N+](=O)[O-])ccc2Cl)c1. The molecule has 2 aromatic rings. The van der Waals surface area contributed by atoms with Crippen molar-refractivity contribution < 1.29 is 14.5 Å². The van der Waals surface area contributed by atoms with Gasteiger partial charge in [-0.05, 0) is 36.1 Å². The second-order valence-corrected chi connectivity index (χ2v) is 5.91. The van der Waals surface area contributed by atoms with E-state index >= 15 is 0 Å².